The van der Waals surface area contributed by atoms with Crippen LogP contribution in [0.4, 0.5) is 0 Å². The maximum Gasteiger partial charge on any atom is 0.122 e. The van der Waals surface area contributed by atoms with Gasteiger partial charge in [-0.2, -0.15) is 0 Å². The van der Waals surface area contributed by atoms with Crippen LogP contribution in [0.1, 0.15) is 34.3 Å². The minimum Gasteiger partial charge on any atom is -0.493 e. The molecule has 0 radical (unpaired) electrons. The molecule has 0 N–H and O–H groups in total. The molecule has 1 saturated heterocycles. The summed E-state index contributed by atoms with van der Waals surface area (Å²) >= 11 is 1.76. The zero-order valence-electron chi connectivity index (χ0n) is 14.2. The summed E-state index contributed by atoms with van der Waals surface area (Å²) in [6.45, 7) is 6.59. The first-order valence-corrected chi connectivity index (χ1v) is 9.66. The highest BCUT2D eigenvalue weighted by Gasteiger charge is 2.26. The van der Waals surface area contributed by atoms with E-state index in [1.807, 2.05) is 0 Å². The molecule has 3 heterocycles. The van der Waals surface area contributed by atoms with E-state index < -0.39 is 0 Å². The standard InChI is InChI=1S/C19H24N2O2S/c1-14-13-24-19(20-14)17-12-22-10-8-21(17)7-2-3-15-4-5-18-16(11-15)6-9-23-18/h4-5,11,13,17H,2-3,6-10,12H2,1H3. The lowest BCUT2D eigenvalue weighted by atomic mass is 10.0. The Morgan fingerprint density at radius 2 is 2.29 bits per heavy atom. The fraction of sp³-hybridized carbons (Fsp3) is 0.526. The van der Waals surface area contributed by atoms with E-state index in [0.29, 0.717) is 6.04 Å². The van der Waals surface area contributed by atoms with Crippen LogP contribution in [0.5, 0.6) is 5.75 Å². The lowest BCUT2D eigenvalue weighted by Gasteiger charge is -2.34. The Morgan fingerprint density at radius 3 is 3.17 bits per heavy atom. The second-order valence-corrected chi connectivity index (χ2v) is 7.49. The number of nitrogens with zero attached hydrogens (tertiary/aromatic N) is 2. The zero-order valence-corrected chi connectivity index (χ0v) is 15.0. The fourth-order valence-electron chi connectivity index (χ4n) is 3.54. The van der Waals surface area contributed by atoms with Gasteiger partial charge in [-0.15, -0.1) is 11.3 Å². The number of ether oxygens (including phenoxy) is 2. The number of morpholine rings is 1. The van der Waals surface area contributed by atoms with Crippen LogP contribution in [0, 0.1) is 6.92 Å². The Kier molecular flexibility index (Phi) is 4.83. The van der Waals surface area contributed by atoms with E-state index in [-0.39, 0.29) is 0 Å². The number of aryl methyl sites for hydroxylation is 2. The summed E-state index contributed by atoms with van der Waals surface area (Å²) in [7, 11) is 0. The summed E-state index contributed by atoms with van der Waals surface area (Å²) in [6.07, 6.45) is 3.34. The average molecular weight is 344 g/mol. The fourth-order valence-corrected chi connectivity index (χ4v) is 4.45. The van der Waals surface area contributed by atoms with Gasteiger partial charge in [0.25, 0.3) is 0 Å². The van der Waals surface area contributed by atoms with Crippen molar-refractivity contribution in [3.05, 3.63) is 45.4 Å². The van der Waals surface area contributed by atoms with Crippen molar-refractivity contribution in [1.82, 2.24) is 9.88 Å². The molecule has 4 rings (SSSR count). The van der Waals surface area contributed by atoms with Gasteiger partial charge in [0.05, 0.1) is 25.9 Å². The third-order valence-corrected chi connectivity index (χ3v) is 5.89. The lowest BCUT2D eigenvalue weighted by molar-refractivity contribution is -0.00889. The van der Waals surface area contributed by atoms with Crippen LogP contribution in [0.15, 0.2) is 23.6 Å². The van der Waals surface area contributed by atoms with E-state index in [4.69, 9.17) is 9.47 Å². The molecular formula is C19H24N2O2S. The SMILES string of the molecule is Cc1csc(C2COCCN2CCCc2ccc3c(c2)CCO3)n1. The van der Waals surface area contributed by atoms with Gasteiger partial charge in [0.2, 0.25) is 0 Å². The maximum absolute atomic E-state index is 5.70. The number of hydrogen-bond acceptors (Lipinski definition) is 5. The number of aromatic nitrogens is 1. The number of benzene rings is 1. The molecule has 1 aromatic carbocycles. The van der Waals surface area contributed by atoms with Gasteiger partial charge in [-0.05, 0) is 43.5 Å². The van der Waals surface area contributed by atoms with Crippen molar-refractivity contribution in [2.24, 2.45) is 0 Å². The third kappa shape index (κ3) is 3.48. The van der Waals surface area contributed by atoms with Gasteiger partial charge in [0, 0.05) is 24.0 Å². The Labute approximate surface area is 147 Å². The van der Waals surface area contributed by atoms with Gasteiger partial charge in [0.1, 0.15) is 10.8 Å². The summed E-state index contributed by atoms with van der Waals surface area (Å²) < 4.78 is 11.3. The van der Waals surface area contributed by atoms with Crippen molar-refractivity contribution in [3.63, 3.8) is 0 Å². The van der Waals surface area contributed by atoms with E-state index in [1.165, 1.54) is 22.6 Å². The molecule has 2 aliphatic heterocycles. The minimum atomic E-state index is 0.325. The first-order chi connectivity index (χ1) is 11.8. The van der Waals surface area contributed by atoms with Gasteiger partial charge in [-0.25, -0.2) is 4.98 Å². The average Bonchev–Trinajstić information content (AvgIpc) is 3.23. The predicted octanol–water partition coefficient (Wildman–Crippen LogP) is 3.39. The minimum absolute atomic E-state index is 0.325. The van der Waals surface area contributed by atoms with Gasteiger partial charge < -0.3 is 9.47 Å². The predicted molar refractivity (Wildman–Crippen MR) is 95.9 cm³/mol. The van der Waals surface area contributed by atoms with E-state index in [0.717, 1.165) is 57.2 Å². The molecule has 1 fully saturated rings. The number of rotatable bonds is 5. The van der Waals surface area contributed by atoms with Crippen LogP contribution in [0.25, 0.3) is 0 Å². The first kappa shape index (κ1) is 16.1. The van der Waals surface area contributed by atoms with Crippen molar-refractivity contribution in [1.29, 1.82) is 0 Å². The molecule has 128 valence electrons. The van der Waals surface area contributed by atoms with Crippen molar-refractivity contribution >= 4 is 11.3 Å². The molecule has 24 heavy (non-hydrogen) atoms. The summed E-state index contributed by atoms with van der Waals surface area (Å²) in [5.74, 6) is 1.08. The van der Waals surface area contributed by atoms with Crippen molar-refractivity contribution < 1.29 is 9.47 Å². The van der Waals surface area contributed by atoms with Crippen LogP contribution in [-0.2, 0) is 17.6 Å². The number of fused-ring (bicyclic) bond motifs is 1. The highest BCUT2D eigenvalue weighted by Crippen LogP contribution is 2.28. The largest absolute Gasteiger partial charge is 0.493 e. The molecule has 0 saturated carbocycles. The molecule has 0 bridgehead atoms. The van der Waals surface area contributed by atoms with Crippen LogP contribution in [0.3, 0.4) is 0 Å². The monoisotopic (exact) mass is 344 g/mol. The summed E-state index contributed by atoms with van der Waals surface area (Å²) in [4.78, 5) is 7.21. The molecule has 0 spiro atoms. The molecule has 1 atom stereocenters. The maximum atomic E-state index is 5.70. The lowest BCUT2D eigenvalue weighted by Crippen LogP contribution is -2.40. The number of hydrogen-bond donors (Lipinski definition) is 0. The molecule has 2 aromatic rings. The van der Waals surface area contributed by atoms with E-state index in [1.54, 1.807) is 11.3 Å². The quantitative estimate of drug-likeness (QED) is 0.833. The van der Waals surface area contributed by atoms with E-state index in [2.05, 4.69) is 40.4 Å². The Morgan fingerprint density at radius 1 is 1.33 bits per heavy atom. The van der Waals surface area contributed by atoms with Gasteiger partial charge in [0.15, 0.2) is 0 Å². The normalized spacial score (nSPS) is 20.8. The Bertz CT molecular complexity index is 700. The molecule has 1 aromatic heterocycles. The molecule has 2 aliphatic rings. The number of thiazole rings is 1. The molecule has 0 aliphatic carbocycles. The first-order valence-electron chi connectivity index (χ1n) is 8.78. The van der Waals surface area contributed by atoms with Crippen molar-refractivity contribution in [2.45, 2.75) is 32.2 Å². The highest BCUT2D eigenvalue weighted by atomic mass is 32.1. The van der Waals surface area contributed by atoms with Gasteiger partial charge >= 0.3 is 0 Å². The third-order valence-electron chi connectivity index (χ3n) is 4.83. The van der Waals surface area contributed by atoms with E-state index in [9.17, 15) is 0 Å². The van der Waals surface area contributed by atoms with Crippen LogP contribution < -0.4 is 4.74 Å². The van der Waals surface area contributed by atoms with Gasteiger partial charge in [-0.3, -0.25) is 4.90 Å². The van der Waals surface area contributed by atoms with Crippen LogP contribution in [0.2, 0.25) is 0 Å². The Balaban J connectivity index is 1.35. The zero-order chi connectivity index (χ0) is 16.4. The summed E-state index contributed by atoms with van der Waals surface area (Å²) in [6, 6.07) is 6.99. The summed E-state index contributed by atoms with van der Waals surface area (Å²) in [5.41, 5.74) is 3.91. The molecule has 5 heteroatoms. The second kappa shape index (κ2) is 7.21. The Hall–Kier alpha value is -1.43. The topological polar surface area (TPSA) is 34.6 Å². The van der Waals surface area contributed by atoms with E-state index >= 15 is 0 Å². The molecular weight excluding hydrogens is 320 g/mol. The molecule has 1 unspecified atom stereocenters. The smallest absolute Gasteiger partial charge is 0.122 e. The van der Waals surface area contributed by atoms with Crippen LogP contribution >= 0.6 is 11.3 Å². The van der Waals surface area contributed by atoms with Crippen molar-refractivity contribution in [2.75, 3.05) is 32.9 Å². The molecule has 0 amide bonds. The highest BCUT2D eigenvalue weighted by molar-refractivity contribution is 7.09. The van der Waals surface area contributed by atoms with Gasteiger partial charge in [-0.1, -0.05) is 12.1 Å². The molecule has 4 nitrogen and oxygen atoms in total. The summed E-state index contributed by atoms with van der Waals surface area (Å²) in [5, 5.41) is 3.33. The second-order valence-electron chi connectivity index (χ2n) is 6.60. The van der Waals surface area contributed by atoms with Crippen molar-refractivity contribution in [3.8, 4) is 5.75 Å². The van der Waals surface area contributed by atoms with Crippen LogP contribution in [-0.4, -0.2) is 42.8 Å².